The van der Waals surface area contributed by atoms with Gasteiger partial charge in [0.15, 0.2) is 0 Å². The van der Waals surface area contributed by atoms with Gasteiger partial charge in [0.1, 0.15) is 0 Å². The molecule has 12 heavy (non-hydrogen) atoms. The zero-order valence-corrected chi connectivity index (χ0v) is 8.80. The number of rotatable bonds is 3. The van der Waals surface area contributed by atoms with Gasteiger partial charge in [-0.25, -0.2) is 0 Å². The van der Waals surface area contributed by atoms with Gasteiger partial charge in [0, 0.05) is 0 Å². The van der Waals surface area contributed by atoms with Gasteiger partial charge in [-0.05, 0) is 0 Å². The molecule has 0 unspecified atom stereocenters. The first kappa shape index (κ1) is 9.43. The molecular formula is C9H10O2Se. The minimum absolute atomic E-state index is 0.129. The molecule has 0 aliphatic rings. The summed E-state index contributed by atoms with van der Waals surface area (Å²) in [6.07, 6.45) is 0.471. The van der Waals surface area contributed by atoms with Gasteiger partial charge < -0.3 is 0 Å². The second-order valence-corrected chi connectivity index (χ2v) is 4.67. The van der Waals surface area contributed by atoms with Crippen LogP contribution in [0.5, 0.6) is 0 Å². The molecule has 0 bridgehead atoms. The molecular weight excluding hydrogens is 219 g/mol. The summed E-state index contributed by atoms with van der Waals surface area (Å²) in [5.74, 6) is 0.280. The average Bonchev–Trinajstić information content (AvgIpc) is 2.34. The molecule has 0 fully saturated rings. The molecule has 0 radical (unpaired) electrons. The van der Waals surface area contributed by atoms with Crippen LogP contribution in [0, 0.1) is 0 Å². The van der Waals surface area contributed by atoms with Crippen molar-refractivity contribution in [3.05, 3.63) is 21.0 Å². The second-order valence-electron chi connectivity index (χ2n) is 2.75. The normalized spacial score (nSPS) is 9.83. The molecule has 2 nitrogen and oxygen atoms in total. The summed E-state index contributed by atoms with van der Waals surface area (Å²) in [4.78, 5) is 23.6. The second kappa shape index (κ2) is 3.83. The van der Waals surface area contributed by atoms with Gasteiger partial charge >= 0.3 is 76.9 Å². The van der Waals surface area contributed by atoms with Gasteiger partial charge in [-0.15, -0.1) is 0 Å². The fourth-order valence-electron chi connectivity index (χ4n) is 0.940. The first-order valence-electron chi connectivity index (χ1n) is 3.67. The van der Waals surface area contributed by atoms with Crippen LogP contribution in [0.1, 0.15) is 28.6 Å². The predicted octanol–water partition coefficient (Wildman–Crippen LogP) is 1.08. The molecule has 0 aliphatic heterocycles. The quantitative estimate of drug-likeness (QED) is 0.574. The van der Waals surface area contributed by atoms with E-state index in [0.29, 0.717) is 6.42 Å². The van der Waals surface area contributed by atoms with E-state index in [1.54, 1.807) is 13.8 Å². The zero-order valence-electron chi connectivity index (χ0n) is 7.09. The van der Waals surface area contributed by atoms with Crippen LogP contribution in [0.2, 0.25) is 0 Å². The average molecular weight is 229 g/mol. The standard InChI is InChI=1S/C9H10O2Se/c1-6(10)3-8-4-9(7(2)11)12-5-8/h4-5H,3H2,1-2H3. The molecule has 1 heterocycles. The Bertz CT molecular complexity index is 312. The number of hydrogen-bond acceptors (Lipinski definition) is 2. The van der Waals surface area contributed by atoms with Gasteiger partial charge in [0.05, 0.1) is 0 Å². The van der Waals surface area contributed by atoms with E-state index in [-0.39, 0.29) is 26.1 Å². The van der Waals surface area contributed by atoms with Crippen LogP contribution in [0.15, 0.2) is 11.0 Å². The topological polar surface area (TPSA) is 34.1 Å². The summed E-state index contributed by atoms with van der Waals surface area (Å²) in [5.41, 5.74) is 1.01. The number of carbonyl (C=O) groups excluding carboxylic acids is 2. The van der Waals surface area contributed by atoms with Crippen molar-refractivity contribution < 1.29 is 9.59 Å². The Morgan fingerprint density at radius 2 is 2.08 bits per heavy atom. The van der Waals surface area contributed by atoms with Crippen molar-refractivity contribution >= 4 is 26.1 Å². The van der Waals surface area contributed by atoms with Gasteiger partial charge in [-0.1, -0.05) is 0 Å². The summed E-state index contributed by atoms with van der Waals surface area (Å²) in [5, 5.41) is 0. The monoisotopic (exact) mass is 230 g/mol. The fraction of sp³-hybridized carbons (Fsp3) is 0.333. The van der Waals surface area contributed by atoms with Crippen LogP contribution in [-0.2, 0) is 11.2 Å². The SMILES string of the molecule is CC(=O)Cc1c[se]c(C(C)=O)c1. The van der Waals surface area contributed by atoms with Gasteiger partial charge in [0.2, 0.25) is 0 Å². The molecule has 0 N–H and O–H groups in total. The zero-order chi connectivity index (χ0) is 9.14. The Kier molecular flexibility index (Phi) is 3.01. The van der Waals surface area contributed by atoms with Crippen molar-refractivity contribution in [2.75, 3.05) is 0 Å². The summed E-state index contributed by atoms with van der Waals surface area (Å²) in [6.45, 7) is 3.13. The third-order valence-electron chi connectivity index (χ3n) is 1.45. The Hall–Kier alpha value is -0.661. The molecule has 3 heteroatoms. The first-order chi connectivity index (χ1) is 5.59. The van der Waals surface area contributed by atoms with Crippen molar-refractivity contribution in [1.82, 2.24) is 0 Å². The summed E-state index contributed by atoms with van der Waals surface area (Å²) in [6, 6.07) is 1.85. The first-order valence-corrected chi connectivity index (χ1v) is 5.52. The Morgan fingerprint density at radius 1 is 1.42 bits per heavy atom. The van der Waals surface area contributed by atoms with Gasteiger partial charge in [0.25, 0.3) is 0 Å². The molecule has 1 aromatic heterocycles. The van der Waals surface area contributed by atoms with Crippen LogP contribution >= 0.6 is 0 Å². The molecule has 0 saturated carbocycles. The maximum atomic E-state index is 10.9. The van der Waals surface area contributed by atoms with Crippen LogP contribution in [0.3, 0.4) is 0 Å². The fourth-order valence-corrected chi connectivity index (χ4v) is 2.65. The molecule has 0 spiro atoms. The van der Waals surface area contributed by atoms with Crippen molar-refractivity contribution in [3.63, 3.8) is 0 Å². The summed E-state index contributed by atoms with van der Waals surface area (Å²) >= 11 is 0.163. The van der Waals surface area contributed by atoms with Gasteiger partial charge in [-0.2, -0.15) is 0 Å². The van der Waals surface area contributed by atoms with E-state index in [9.17, 15) is 9.59 Å². The number of ketones is 2. The summed E-state index contributed by atoms with van der Waals surface area (Å²) < 4.78 is 0.874. The van der Waals surface area contributed by atoms with E-state index in [0.717, 1.165) is 10.0 Å². The van der Waals surface area contributed by atoms with E-state index in [2.05, 4.69) is 0 Å². The minimum atomic E-state index is 0.129. The van der Waals surface area contributed by atoms with Crippen molar-refractivity contribution in [1.29, 1.82) is 0 Å². The summed E-state index contributed by atoms with van der Waals surface area (Å²) in [7, 11) is 0. The number of hydrogen-bond donors (Lipinski definition) is 0. The number of carbonyl (C=O) groups is 2. The third kappa shape index (κ3) is 2.43. The van der Waals surface area contributed by atoms with Crippen molar-refractivity contribution in [3.8, 4) is 0 Å². The van der Waals surface area contributed by atoms with Crippen LogP contribution in [-0.4, -0.2) is 26.1 Å². The van der Waals surface area contributed by atoms with E-state index < -0.39 is 0 Å². The third-order valence-corrected chi connectivity index (χ3v) is 3.72. The molecule has 1 rings (SSSR count). The molecule has 0 aliphatic carbocycles. The van der Waals surface area contributed by atoms with Crippen molar-refractivity contribution in [2.24, 2.45) is 0 Å². The molecule has 64 valence electrons. The molecule has 0 aromatic carbocycles. The van der Waals surface area contributed by atoms with E-state index in [1.807, 2.05) is 11.0 Å². The van der Waals surface area contributed by atoms with Crippen LogP contribution in [0.4, 0.5) is 0 Å². The Labute approximate surface area is 77.3 Å². The molecule has 0 amide bonds. The van der Waals surface area contributed by atoms with Gasteiger partial charge in [-0.3, -0.25) is 0 Å². The molecule has 0 atom stereocenters. The Morgan fingerprint density at radius 3 is 2.50 bits per heavy atom. The predicted molar refractivity (Wildman–Crippen MR) is 47.8 cm³/mol. The molecule has 0 saturated heterocycles. The van der Waals surface area contributed by atoms with E-state index in [4.69, 9.17) is 0 Å². The maximum absolute atomic E-state index is 10.9. The van der Waals surface area contributed by atoms with Crippen molar-refractivity contribution in [2.45, 2.75) is 20.3 Å². The molecule has 1 aromatic rings. The Balaban J connectivity index is 2.77. The van der Waals surface area contributed by atoms with E-state index in [1.165, 1.54) is 0 Å². The van der Waals surface area contributed by atoms with E-state index >= 15 is 0 Å². The number of Topliss-reactive ketones (excluding diaryl/α,β-unsaturated/α-hetero) is 2. The van der Waals surface area contributed by atoms with Crippen LogP contribution in [0.25, 0.3) is 0 Å². The van der Waals surface area contributed by atoms with Crippen LogP contribution < -0.4 is 0 Å².